The molecule has 1 heterocycles. The van der Waals surface area contributed by atoms with E-state index in [0.29, 0.717) is 18.7 Å². The largest absolute Gasteiger partial charge is 0.481 e. The zero-order valence-corrected chi connectivity index (χ0v) is 13.8. The number of hydrogen-bond donors (Lipinski definition) is 1. The number of carbonyl (C=O) groups excluding carboxylic acids is 1. The van der Waals surface area contributed by atoms with E-state index in [1.54, 1.807) is 6.92 Å². The highest BCUT2D eigenvalue weighted by Crippen LogP contribution is 2.22. The van der Waals surface area contributed by atoms with Gasteiger partial charge in [-0.2, -0.15) is 0 Å². The number of rotatable bonds is 6. The van der Waals surface area contributed by atoms with Gasteiger partial charge < -0.3 is 14.7 Å². The summed E-state index contributed by atoms with van der Waals surface area (Å²) in [6.07, 6.45) is 2.18. The van der Waals surface area contributed by atoms with Crippen molar-refractivity contribution in [2.75, 3.05) is 13.1 Å². The second-order valence-corrected chi connectivity index (χ2v) is 6.30. The summed E-state index contributed by atoms with van der Waals surface area (Å²) in [5, 5.41) is 8.79. The standard InChI is InChI=1S/C18H25NO4/c1-13-5-8-16(9-6-13)23-14(2)18(22)19-11-3-4-15(12-19)7-10-17(20)21/h5-6,8-9,14-15H,3-4,7,10-12H2,1-2H3,(H,20,21)/t14-,15-/m0/s1. The van der Waals surface area contributed by atoms with Gasteiger partial charge in [-0.05, 0) is 51.2 Å². The van der Waals surface area contributed by atoms with Crippen LogP contribution < -0.4 is 4.74 Å². The van der Waals surface area contributed by atoms with Crippen molar-refractivity contribution < 1.29 is 19.4 Å². The molecular formula is C18H25NO4. The van der Waals surface area contributed by atoms with Crippen molar-refractivity contribution in [2.45, 2.75) is 45.6 Å². The SMILES string of the molecule is Cc1ccc(O[C@@H](C)C(=O)N2CCC[C@@H](CCC(=O)O)C2)cc1. The zero-order chi connectivity index (χ0) is 16.8. The molecule has 23 heavy (non-hydrogen) atoms. The molecule has 126 valence electrons. The van der Waals surface area contributed by atoms with Crippen molar-refractivity contribution in [1.82, 2.24) is 4.90 Å². The molecule has 0 unspecified atom stereocenters. The topological polar surface area (TPSA) is 66.8 Å². The Morgan fingerprint density at radius 1 is 1.35 bits per heavy atom. The first kappa shape index (κ1) is 17.3. The van der Waals surface area contributed by atoms with Crippen molar-refractivity contribution in [1.29, 1.82) is 0 Å². The van der Waals surface area contributed by atoms with E-state index >= 15 is 0 Å². The van der Waals surface area contributed by atoms with Crippen LogP contribution in [0.5, 0.6) is 5.75 Å². The molecular weight excluding hydrogens is 294 g/mol. The van der Waals surface area contributed by atoms with Crippen LogP contribution in [0.25, 0.3) is 0 Å². The molecule has 0 spiro atoms. The molecule has 0 aromatic heterocycles. The number of piperidine rings is 1. The lowest BCUT2D eigenvalue weighted by atomic mass is 9.93. The molecule has 0 bridgehead atoms. The molecule has 5 nitrogen and oxygen atoms in total. The molecule has 2 rings (SSSR count). The van der Waals surface area contributed by atoms with Gasteiger partial charge in [-0.25, -0.2) is 0 Å². The lowest BCUT2D eigenvalue weighted by Crippen LogP contribution is -2.45. The van der Waals surface area contributed by atoms with Crippen molar-refractivity contribution >= 4 is 11.9 Å². The number of hydrogen-bond acceptors (Lipinski definition) is 3. The van der Waals surface area contributed by atoms with Crippen molar-refractivity contribution in [3.05, 3.63) is 29.8 Å². The normalized spacial score (nSPS) is 19.2. The van der Waals surface area contributed by atoms with Crippen LogP contribution in [0.4, 0.5) is 0 Å². The van der Waals surface area contributed by atoms with E-state index in [-0.39, 0.29) is 18.2 Å². The lowest BCUT2D eigenvalue weighted by Gasteiger charge is -2.34. The first-order chi connectivity index (χ1) is 11.0. The van der Waals surface area contributed by atoms with Gasteiger partial charge >= 0.3 is 5.97 Å². The van der Waals surface area contributed by atoms with Gasteiger partial charge in [0.15, 0.2) is 6.10 Å². The molecule has 2 atom stereocenters. The van der Waals surface area contributed by atoms with Crippen LogP contribution in [0.3, 0.4) is 0 Å². The Morgan fingerprint density at radius 2 is 2.04 bits per heavy atom. The highest BCUT2D eigenvalue weighted by atomic mass is 16.5. The maximum absolute atomic E-state index is 12.5. The fraction of sp³-hybridized carbons (Fsp3) is 0.556. The molecule has 1 aromatic carbocycles. The second kappa shape index (κ2) is 7.99. The molecule has 0 aliphatic carbocycles. The number of ether oxygens (including phenoxy) is 1. The summed E-state index contributed by atoms with van der Waals surface area (Å²) >= 11 is 0. The minimum Gasteiger partial charge on any atom is -0.481 e. The van der Waals surface area contributed by atoms with Gasteiger partial charge in [0.1, 0.15) is 5.75 Å². The van der Waals surface area contributed by atoms with Gasteiger partial charge in [-0.15, -0.1) is 0 Å². The summed E-state index contributed by atoms with van der Waals surface area (Å²) in [4.78, 5) is 25.0. The first-order valence-electron chi connectivity index (χ1n) is 8.19. The first-order valence-corrected chi connectivity index (χ1v) is 8.19. The van der Waals surface area contributed by atoms with E-state index in [2.05, 4.69) is 0 Å². The van der Waals surface area contributed by atoms with Crippen LogP contribution in [-0.2, 0) is 9.59 Å². The number of likely N-dealkylation sites (tertiary alicyclic amines) is 1. The summed E-state index contributed by atoms with van der Waals surface area (Å²) in [7, 11) is 0. The third-order valence-corrected chi connectivity index (χ3v) is 4.28. The Balaban J connectivity index is 1.87. The van der Waals surface area contributed by atoms with Crippen LogP contribution in [0.2, 0.25) is 0 Å². The van der Waals surface area contributed by atoms with E-state index in [0.717, 1.165) is 24.9 Å². The average Bonchev–Trinajstić information content (AvgIpc) is 2.54. The molecule has 1 aliphatic heterocycles. The maximum Gasteiger partial charge on any atom is 0.303 e. The van der Waals surface area contributed by atoms with Crippen LogP contribution in [0.15, 0.2) is 24.3 Å². The summed E-state index contributed by atoms with van der Waals surface area (Å²) in [5.41, 5.74) is 1.15. The third-order valence-electron chi connectivity index (χ3n) is 4.28. The molecule has 1 aromatic rings. The van der Waals surface area contributed by atoms with E-state index < -0.39 is 12.1 Å². The quantitative estimate of drug-likeness (QED) is 0.875. The summed E-state index contributed by atoms with van der Waals surface area (Å²) in [5.74, 6) is 0.168. The number of benzene rings is 1. The van der Waals surface area contributed by atoms with Crippen LogP contribution in [-0.4, -0.2) is 41.1 Å². The van der Waals surface area contributed by atoms with Crippen LogP contribution in [0.1, 0.15) is 38.2 Å². The number of aliphatic carboxylic acids is 1. The molecule has 1 aliphatic rings. The zero-order valence-electron chi connectivity index (χ0n) is 13.8. The van der Waals surface area contributed by atoms with Crippen molar-refractivity contribution in [3.63, 3.8) is 0 Å². The van der Waals surface area contributed by atoms with E-state index in [4.69, 9.17) is 9.84 Å². The minimum absolute atomic E-state index is 0.0226. The Labute approximate surface area is 137 Å². The van der Waals surface area contributed by atoms with Crippen molar-refractivity contribution in [3.8, 4) is 5.75 Å². The van der Waals surface area contributed by atoms with Crippen molar-refractivity contribution in [2.24, 2.45) is 5.92 Å². The molecule has 0 radical (unpaired) electrons. The Bertz CT molecular complexity index is 540. The molecule has 0 saturated carbocycles. The van der Waals surface area contributed by atoms with Crippen LogP contribution in [0, 0.1) is 12.8 Å². The number of carboxylic acids is 1. The number of nitrogens with zero attached hydrogens (tertiary/aromatic N) is 1. The van der Waals surface area contributed by atoms with E-state index in [1.165, 1.54) is 0 Å². The summed E-state index contributed by atoms with van der Waals surface area (Å²) in [6, 6.07) is 7.64. The summed E-state index contributed by atoms with van der Waals surface area (Å²) in [6.45, 7) is 5.13. The molecule has 1 fully saturated rings. The van der Waals surface area contributed by atoms with E-state index in [9.17, 15) is 9.59 Å². The van der Waals surface area contributed by atoms with Gasteiger partial charge in [0.25, 0.3) is 5.91 Å². The van der Waals surface area contributed by atoms with Gasteiger partial charge in [-0.3, -0.25) is 9.59 Å². The summed E-state index contributed by atoms with van der Waals surface area (Å²) < 4.78 is 5.73. The number of carboxylic acid groups (broad SMARTS) is 1. The molecule has 1 amide bonds. The predicted molar refractivity (Wildman–Crippen MR) is 87.4 cm³/mol. The predicted octanol–water partition coefficient (Wildman–Crippen LogP) is 2.87. The molecule has 1 N–H and O–H groups in total. The fourth-order valence-electron chi connectivity index (χ4n) is 2.96. The third kappa shape index (κ3) is 5.27. The minimum atomic E-state index is -0.774. The van der Waals surface area contributed by atoms with Gasteiger partial charge in [0, 0.05) is 19.5 Å². The second-order valence-electron chi connectivity index (χ2n) is 6.30. The maximum atomic E-state index is 12.5. The average molecular weight is 319 g/mol. The Hall–Kier alpha value is -2.04. The number of carbonyl (C=O) groups is 2. The molecule has 1 saturated heterocycles. The number of aryl methyl sites for hydroxylation is 1. The highest BCUT2D eigenvalue weighted by Gasteiger charge is 2.27. The Kier molecular flexibility index (Phi) is 6.02. The van der Waals surface area contributed by atoms with Gasteiger partial charge in [0.05, 0.1) is 0 Å². The lowest BCUT2D eigenvalue weighted by molar-refractivity contribution is -0.140. The van der Waals surface area contributed by atoms with Gasteiger partial charge in [0.2, 0.25) is 0 Å². The monoisotopic (exact) mass is 319 g/mol. The van der Waals surface area contributed by atoms with Crippen LogP contribution >= 0.6 is 0 Å². The smallest absolute Gasteiger partial charge is 0.303 e. The van der Waals surface area contributed by atoms with E-state index in [1.807, 2.05) is 36.1 Å². The molecule has 5 heteroatoms. The fourth-order valence-corrected chi connectivity index (χ4v) is 2.96. The highest BCUT2D eigenvalue weighted by molar-refractivity contribution is 5.81. The Morgan fingerprint density at radius 3 is 2.70 bits per heavy atom. The van der Waals surface area contributed by atoms with Gasteiger partial charge in [-0.1, -0.05) is 17.7 Å². The number of amides is 1.